The van der Waals surface area contributed by atoms with Crippen molar-refractivity contribution in [1.29, 1.82) is 0 Å². The average molecular weight is 145 g/mol. The van der Waals surface area contributed by atoms with Crippen LogP contribution in [0.5, 0.6) is 0 Å². The first-order chi connectivity index (χ1) is 4.79. The number of aliphatic hydroxyl groups is 1. The van der Waals surface area contributed by atoms with Gasteiger partial charge in [0.25, 0.3) is 0 Å². The molecular weight excluding hydrogens is 126 g/mol. The normalized spacial score (nSPS) is 32.4. The Kier molecular flexibility index (Phi) is 5.64. The zero-order valence-corrected chi connectivity index (χ0v) is 7.01. The summed E-state index contributed by atoms with van der Waals surface area (Å²) in [6.45, 7) is 2.31. The van der Waals surface area contributed by atoms with E-state index in [1.165, 1.54) is 25.7 Å². The van der Waals surface area contributed by atoms with Crippen LogP contribution in [0, 0.1) is 5.92 Å². The van der Waals surface area contributed by atoms with Crippen LogP contribution in [0.15, 0.2) is 0 Å². The molecule has 0 aromatic carbocycles. The molecule has 0 heterocycles. The van der Waals surface area contributed by atoms with Crippen LogP contribution < -0.4 is 5.73 Å². The number of rotatable bonds is 0. The number of aliphatic hydroxyl groups excluding tert-OH is 1. The standard InChI is InChI=1S/C7H15N.CH4O/c1-6-2-4-7(8)5-3-6;1-2/h6-7H,2-5,8H2,1H3;2H,1H3/t6-,7-;. The van der Waals surface area contributed by atoms with Crippen molar-refractivity contribution in [3.05, 3.63) is 0 Å². The van der Waals surface area contributed by atoms with Crippen LogP contribution in [0.3, 0.4) is 0 Å². The SMILES string of the molecule is CO.C[C@H]1CC[C@H](N)CC1. The molecule has 3 N–H and O–H groups in total. The second-order valence-electron chi connectivity index (χ2n) is 3.02. The monoisotopic (exact) mass is 145 g/mol. The molecule has 0 spiro atoms. The maximum atomic E-state index is 7.00. The van der Waals surface area contributed by atoms with Crippen LogP contribution in [-0.2, 0) is 0 Å². The van der Waals surface area contributed by atoms with Crippen LogP contribution >= 0.6 is 0 Å². The van der Waals surface area contributed by atoms with Crippen molar-refractivity contribution in [2.75, 3.05) is 7.11 Å². The number of hydrogen-bond acceptors (Lipinski definition) is 2. The molecule has 0 unspecified atom stereocenters. The molecule has 1 aliphatic rings. The van der Waals surface area contributed by atoms with Gasteiger partial charge in [-0.15, -0.1) is 0 Å². The summed E-state index contributed by atoms with van der Waals surface area (Å²) in [5, 5.41) is 7.00. The molecule has 1 fully saturated rings. The van der Waals surface area contributed by atoms with Crippen molar-refractivity contribution in [2.24, 2.45) is 11.7 Å². The molecule has 2 nitrogen and oxygen atoms in total. The van der Waals surface area contributed by atoms with E-state index in [4.69, 9.17) is 10.8 Å². The van der Waals surface area contributed by atoms with Gasteiger partial charge in [0, 0.05) is 13.2 Å². The van der Waals surface area contributed by atoms with Gasteiger partial charge in [0.1, 0.15) is 0 Å². The first-order valence-electron chi connectivity index (χ1n) is 3.99. The molecule has 0 aliphatic heterocycles. The van der Waals surface area contributed by atoms with Crippen molar-refractivity contribution in [2.45, 2.75) is 38.6 Å². The fourth-order valence-electron chi connectivity index (χ4n) is 1.29. The summed E-state index contributed by atoms with van der Waals surface area (Å²) in [5.41, 5.74) is 5.70. The topological polar surface area (TPSA) is 46.2 Å². The third-order valence-electron chi connectivity index (χ3n) is 2.06. The van der Waals surface area contributed by atoms with Crippen LogP contribution in [0.2, 0.25) is 0 Å². The molecule has 2 heteroatoms. The minimum absolute atomic E-state index is 0.520. The smallest absolute Gasteiger partial charge is 0.0319 e. The molecule has 1 aliphatic carbocycles. The molecule has 0 atom stereocenters. The van der Waals surface area contributed by atoms with Crippen LogP contribution in [0.25, 0.3) is 0 Å². The third-order valence-corrected chi connectivity index (χ3v) is 2.06. The number of nitrogens with two attached hydrogens (primary N) is 1. The first kappa shape index (κ1) is 9.92. The highest BCUT2D eigenvalue weighted by Gasteiger charge is 2.13. The predicted octanol–water partition coefficient (Wildman–Crippen LogP) is 1.13. The zero-order valence-electron chi connectivity index (χ0n) is 7.01. The minimum atomic E-state index is 0.520. The third kappa shape index (κ3) is 3.85. The molecule has 0 aromatic heterocycles. The molecule has 0 saturated heterocycles. The Morgan fingerprint density at radius 2 is 1.50 bits per heavy atom. The molecule has 0 amide bonds. The lowest BCUT2D eigenvalue weighted by molar-refractivity contribution is 0.348. The van der Waals surface area contributed by atoms with Gasteiger partial charge in [-0.3, -0.25) is 0 Å². The maximum Gasteiger partial charge on any atom is 0.0319 e. The highest BCUT2D eigenvalue weighted by Crippen LogP contribution is 2.21. The van der Waals surface area contributed by atoms with E-state index < -0.39 is 0 Å². The minimum Gasteiger partial charge on any atom is -0.400 e. The largest absolute Gasteiger partial charge is 0.400 e. The summed E-state index contributed by atoms with van der Waals surface area (Å²) in [6.07, 6.45) is 5.20. The van der Waals surface area contributed by atoms with Crippen LogP contribution in [0.4, 0.5) is 0 Å². The Balaban J connectivity index is 0.000000371. The molecular formula is C8H19NO. The van der Waals surface area contributed by atoms with Crippen molar-refractivity contribution in [1.82, 2.24) is 0 Å². The van der Waals surface area contributed by atoms with Gasteiger partial charge in [0.2, 0.25) is 0 Å². The van der Waals surface area contributed by atoms with E-state index in [1.54, 1.807) is 0 Å². The van der Waals surface area contributed by atoms with Crippen molar-refractivity contribution in [3.8, 4) is 0 Å². The Morgan fingerprint density at radius 3 is 1.80 bits per heavy atom. The summed E-state index contributed by atoms with van der Waals surface area (Å²) in [5.74, 6) is 0.940. The van der Waals surface area contributed by atoms with Gasteiger partial charge >= 0.3 is 0 Å². The van der Waals surface area contributed by atoms with Gasteiger partial charge in [-0.05, 0) is 31.6 Å². The summed E-state index contributed by atoms with van der Waals surface area (Å²) in [4.78, 5) is 0. The van der Waals surface area contributed by atoms with Crippen LogP contribution in [-0.4, -0.2) is 18.3 Å². The molecule has 62 valence electrons. The van der Waals surface area contributed by atoms with Crippen molar-refractivity contribution in [3.63, 3.8) is 0 Å². The Bertz CT molecular complexity index is 57.7. The predicted molar refractivity (Wildman–Crippen MR) is 43.8 cm³/mol. The maximum absolute atomic E-state index is 7.00. The van der Waals surface area contributed by atoms with Crippen LogP contribution in [0.1, 0.15) is 32.6 Å². The Morgan fingerprint density at radius 1 is 1.10 bits per heavy atom. The zero-order chi connectivity index (χ0) is 7.98. The van der Waals surface area contributed by atoms with Gasteiger partial charge in [0.05, 0.1) is 0 Å². The van der Waals surface area contributed by atoms with E-state index in [-0.39, 0.29) is 0 Å². The van der Waals surface area contributed by atoms with E-state index in [9.17, 15) is 0 Å². The quantitative estimate of drug-likeness (QED) is 0.537. The molecule has 10 heavy (non-hydrogen) atoms. The number of hydrogen-bond donors (Lipinski definition) is 2. The van der Waals surface area contributed by atoms with E-state index >= 15 is 0 Å². The second kappa shape index (κ2) is 5.69. The van der Waals surface area contributed by atoms with Gasteiger partial charge in [-0.2, -0.15) is 0 Å². The lowest BCUT2D eigenvalue weighted by atomic mass is 9.88. The highest BCUT2D eigenvalue weighted by atomic mass is 16.2. The highest BCUT2D eigenvalue weighted by molar-refractivity contribution is 4.70. The fraction of sp³-hybridized carbons (Fsp3) is 1.00. The summed E-state index contributed by atoms with van der Waals surface area (Å²) in [6, 6.07) is 0.520. The average Bonchev–Trinajstić information content (AvgIpc) is 2.00. The molecule has 0 aromatic rings. The van der Waals surface area contributed by atoms with E-state index in [1.807, 2.05) is 0 Å². The fourth-order valence-corrected chi connectivity index (χ4v) is 1.29. The summed E-state index contributed by atoms with van der Waals surface area (Å²) < 4.78 is 0. The van der Waals surface area contributed by atoms with Gasteiger partial charge in [0.15, 0.2) is 0 Å². The summed E-state index contributed by atoms with van der Waals surface area (Å²) in [7, 11) is 1.00. The van der Waals surface area contributed by atoms with E-state index in [0.29, 0.717) is 6.04 Å². The van der Waals surface area contributed by atoms with E-state index in [0.717, 1.165) is 13.0 Å². The van der Waals surface area contributed by atoms with Crippen molar-refractivity contribution < 1.29 is 5.11 Å². The van der Waals surface area contributed by atoms with Gasteiger partial charge in [-0.1, -0.05) is 6.92 Å². The summed E-state index contributed by atoms with van der Waals surface area (Å²) >= 11 is 0. The lowest BCUT2D eigenvalue weighted by Crippen LogP contribution is -2.25. The molecule has 1 rings (SSSR count). The molecule has 0 radical (unpaired) electrons. The molecule has 1 saturated carbocycles. The van der Waals surface area contributed by atoms with E-state index in [2.05, 4.69) is 6.92 Å². The molecule has 0 bridgehead atoms. The Labute approximate surface area is 63.4 Å². The Hall–Kier alpha value is -0.0800. The van der Waals surface area contributed by atoms with Gasteiger partial charge in [-0.25, -0.2) is 0 Å². The van der Waals surface area contributed by atoms with Crippen molar-refractivity contribution >= 4 is 0 Å². The lowest BCUT2D eigenvalue weighted by Gasteiger charge is -2.22. The second-order valence-corrected chi connectivity index (χ2v) is 3.02. The first-order valence-corrected chi connectivity index (χ1v) is 3.99. The van der Waals surface area contributed by atoms with Gasteiger partial charge < -0.3 is 10.8 Å².